The van der Waals surface area contributed by atoms with E-state index < -0.39 is 6.10 Å². The van der Waals surface area contributed by atoms with Crippen LogP contribution in [0.25, 0.3) is 20.9 Å². The van der Waals surface area contributed by atoms with E-state index >= 15 is 0 Å². The monoisotopic (exact) mass is 368 g/mol. The summed E-state index contributed by atoms with van der Waals surface area (Å²) in [5.74, 6) is 0. The van der Waals surface area contributed by atoms with Crippen LogP contribution in [0.5, 0.6) is 0 Å². The maximum Gasteiger partial charge on any atom is 0.113 e. The Balaban J connectivity index is 1.83. The van der Waals surface area contributed by atoms with Crippen molar-refractivity contribution in [3.05, 3.63) is 81.6 Å². The number of halogens is 1. The summed E-state index contributed by atoms with van der Waals surface area (Å²) >= 11 is 5.26. The van der Waals surface area contributed by atoms with Gasteiger partial charge < -0.3 is 5.11 Å². The van der Waals surface area contributed by atoms with E-state index in [1.165, 1.54) is 10.1 Å². The SMILES string of the molecule is OC(c1cc(Br)c2ccccc2c1)c1cc2ccccc2s1. The maximum absolute atomic E-state index is 10.8. The molecule has 1 atom stereocenters. The second-order valence-electron chi connectivity index (χ2n) is 5.31. The number of hydrogen-bond donors (Lipinski definition) is 1. The van der Waals surface area contributed by atoms with Gasteiger partial charge in [-0.05, 0) is 46.0 Å². The summed E-state index contributed by atoms with van der Waals surface area (Å²) in [5, 5.41) is 14.2. The first-order valence-corrected chi connectivity index (χ1v) is 8.68. The fraction of sp³-hybridized carbons (Fsp3) is 0.0526. The van der Waals surface area contributed by atoms with Crippen molar-refractivity contribution in [3.8, 4) is 0 Å². The number of thiophene rings is 1. The molecule has 0 fully saturated rings. The largest absolute Gasteiger partial charge is 0.383 e. The second kappa shape index (κ2) is 5.51. The van der Waals surface area contributed by atoms with E-state index in [4.69, 9.17) is 0 Å². The lowest BCUT2D eigenvalue weighted by Crippen LogP contribution is -1.97. The first kappa shape index (κ1) is 13.9. The summed E-state index contributed by atoms with van der Waals surface area (Å²) in [6.45, 7) is 0. The van der Waals surface area contributed by atoms with Crippen molar-refractivity contribution in [1.82, 2.24) is 0 Å². The predicted octanol–water partition coefficient (Wildman–Crippen LogP) is 5.90. The second-order valence-corrected chi connectivity index (χ2v) is 7.28. The van der Waals surface area contributed by atoms with Gasteiger partial charge in [0.15, 0.2) is 0 Å². The molecule has 0 aliphatic rings. The van der Waals surface area contributed by atoms with Gasteiger partial charge in [0, 0.05) is 14.0 Å². The van der Waals surface area contributed by atoms with Crippen LogP contribution in [0.2, 0.25) is 0 Å². The Kier molecular flexibility index (Phi) is 3.49. The van der Waals surface area contributed by atoms with Crippen molar-refractivity contribution in [2.24, 2.45) is 0 Å². The third-order valence-electron chi connectivity index (χ3n) is 3.86. The standard InChI is InChI=1S/C19H13BrOS/c20-16-10-14(9-12-5-1-3-7-15(12)16)19(21)18-11-13-6-2-4-8-17(13)22-18/h1-11,19,21H. The summed E-state index contributed by atoms with van der Waals surface area (Å²) < 4.78 is 2.22. The molecule has 3 aromatic carbocycles. The molecule has 0 saturated carbocycles. The predicted molar refractivity (Wildman–Crippen MR) is 97.5 cm³/mol. The Morgan fingerprint density at radius 2 is 1.59 bits per heavy atom. The first-order chi connectivity index (χ1) is 10.7. The Hall–Kier alpha value is -1.68. The molecule has 0 aliphatic heterocycles. The van der Waals surface area contributed by atoms with E-state index in [0.29, 0.717) is 0 Å². The molecule has 1 unspecified atom stereocenters. The highest BCUT2D eigenvalue weighted by Gasteiger charge is 2.15. The van der Waals surface area contributed by atoms with Gasteiger partial charge in [-0.15, -0.1) is 11.3 Å². The summed E-state index contributed by atoms with van der Waals surface area (Å²) in [7, 11) is 0. The lowest BCUT2D eigenvalue weighted by Gasteiger charge is -2.11. The molecule has 0 amide bonds. The van der Waals surface area contributed by atoms with Crippen LogP contribution in [-0.2, 0) is 0 Å². The topological polar surface area (TPSA) is 20.2 Å². The summed E-state index contributed by atoms with van der Waals surface area (Å²) in [4.78, 5) is 0.975. The normalized spacial score (nSPS) is 12.8. The molecule has 0 saturated heterocycles. The third kappa shape index (κ3) is 2.35. The van der Waals surface area contributed by atoms with Crippen LogP contribution in [0.1, 0.15) is 16.5 Å². The zero-order chi connectivity index (χ0) is 15.1. The molecule has 3 heteroatoms. The average Bonchev–Trinajstić information content (AvgIpc) is 2.98. The van der Waals surface area contributed by atoms with Crippen molar-refractivity contribution in [2.45, 2.75) is 6.10 Å². The van der Waals surface area contributed by atoms with E-state index in [0.717, 1.165) is 25.7 Å². The molecule has 1 heterocycles. The minimum Gasteiger partial charge on any atom is -0.383 e. The summed E-state index contributed by atoms with van der Waals surface area (Å²) in [6.07, 6.45) is -0.599. The van der Waals surface area contributed by atoms with Gasteiger partial charge in [-0.2, -0.15) is 0 Å². The highest BCUT2D eigenvalue weighted by atomic mass is 79.9. The highest BCUT2D eigenvalue weighted by Crippen LogP contribution is 2.35. The van der Waals surface area contributed by atoms with E-state index in [1.54, 1.807) is 11.3 Å². The molecule has 0 radical (unpaired) electrons. The van der Waals surface area contributed by atoms with E-state index in [9.17, 15) is 5.11 Å². The van der Waals surface area contributed by atoms with Gasteiger partial charge in [-0.1, -0.05) is 58.4 Å². The Labute approximate surface area is 141 Å². The van der Waals surface area contributed by atoms with Crippen molar-refractivity contribution in [1.29, 1.82) is 0 Å². The first-order valence-electron chi connectivity index (χ1n) is 7.07. The van der Waals surface area contributed by atoms with Crippen LogP contribution in [0.15, 0.2) is 71.2 Å². The van der Waals surface area contributed by atoms with Gasteiger partial charge in [0.1, 0.15) is 6.10 Å². The van der Waals surface area contributed by atoms with E-state index in [1.807, 2.05) is 30.3 Å². The van der Waals surface area contributed by atoms with Crippen LogP contribution < -0.4 is 0 Å². The molecule has 0 spiro atoms. The van der Waals surface area contributed by atoms with Crippen LogP contribution in [0, 0.1) is 0 Å². The minimum absolute atomic E-state index is 0.599. The van der Waals surface area contributed by atoms with Crippen LogP contribution in [0.4, 0.5) is 0 Å². The lowest BCUT2D eigenvalue weighted by molar-refractivity contribution is 0.224. The van der Waals surface area contributed by atoms with Gasteiger partial charge in [-0.3, -0.25) is 0 Å². The minimum atomic E-state index is -0.599. The fourth-order valence-electron chi connectivity index (χ4n) is 2.74. The summed E-state index contributed by atoms with van der Waals surface area (Å²) in [6, 6.07) is 22.6. The van der Waals surface area contributed by atoms with Crippen LogP contribution >= 0.6 is 27.3 Å². The van der Waals surface area contributed by atoms with Crippen molar-refractivity contribution in [2.75, 3.05) is 0 Å². The number of fused-ring (bicyclic) bond motifs is 2. The molecule has 1 N–H and O–H groups in total. The average molecular weight is 369 g/mol. The Morgan fingerprint density at radius 3 is 2.41 bits per heavy atom. The third-order valence-corrected chi connectivity index (χ3v) is 5.69. The number of aliphatic hydroxyl groups excluding tert-OH is 1. The van der Waals surface area contributed by atoms with Crippen LogP contribution in [-0.4, -0.2) is 5.11 Å². The maximum atomic E-state index is 10.8. The molecule has 4 aromatic rings. The van der Waals surface area contributed by atoms with Gasteiger partial charge in [-0.25, -0.2) is 0 Å². The van der Waals surface area contributed by atoms with Crippen molar-refractivity contribution in [3.63, 3.8) is 0 Å². The zero-order valence-corrected chi connectivity index (χ0v) is 14.1. The number of aliphatic hydroxyl groups is 1. The molecule has 108 valence electrons. The van der Waals surface area contributed by atoms with Gasteiger partial charge in [0.05, 0.1) is 0 Å². The molecule has 0 aliphatic carbocycles. The van der Waals surface area contributed by atoms with Crippen molar-refractivity contribution >= 4 is 48.1 Å². The highest BCUT2D eigenvalue weighted by molar-refractivity contribution is 9.10. The fourth-order valence-corrected chi connectivity index (χ4v) is 4.45. The number of hydrogen-bond acceptors (Lipinski definition) is 2. The van der Waals surface area contributed by atoms with Gasteiger partial charge in [0.25, 0.3) is 0 Å². The smallest absolute Gasteiger partial charge is 0.113 e. The molecule has 22 heavy (non-hydrogen) atoms. The van der Waals surface area contributed by atoms with Gasteiger partial charge in [0.2, 0.25) is 0 Å². The Bertz CT molecular complexity index is 940. The molecule has 4 rings (SSSR count). The van der Waals surface area contributed by atoms with E-state index in [-0.39, 0.29) is 0 Å². The zero-order valence-electron chi connectivity index (χ0n) is 11.7. The molecular formula is C19H13BrOS. The molecule has 0 bridgehead atoms. The van der Waals surface area contributed by atoms with Gasteiger partial charge >= 0.3 is 0 Å². The van der Waals surface area contributed by atoms with Crippen molar-refractivity contribution < 1.29 is 5.11 Å². The number of benzene rings is 3. The molecule has 1 nitrogen and oxygen atoms in total. The molecular weight excluding hydrogens is 356 g/mol. The lowest BCUT2D eigenvalue weighted by atomic mass is 10.0. The quantitative estimate of drug-likeness (QED) is 0.467. The number of rotatable bonds is 2. The molecule has 1 aromatic heterocycles. The van der Waals surface area contributed by atoms with E-state index in [2.05, 4.69) is 52.3 Å². The Morgan fingerprint density at radius 1 is 0.864 bits per heavy atom. The summed E-state index contributed by atoms with van der Waals surface area (Å²) in [5.41, 5.74) is 0.914. The van der Waals surface area contributed by atoms with Crippen LogP contribution in [0.3, 0.4) is 0 Å².